The number of hydrogen-bond acceptors (Lipinski definition) is 1. The van der Waals surface area contributed by atoms with Gasteiger partial charge in [-0.25, -0.2) is 12.1 Å². The third-order valence-electron chi connectivity index (χ3n) is 2.98. The van der Waals surface area contributed by atoms with Crippen LogP contribution in [0.2, 0.25) is 0 Å². The van der Waals surface area contributed by atoms with Crippen LogP contribution in [-0.4, -0.2) is 19.0 Å². The van der Waals surface area contributed by atoms with Crippen molar-refractivity contribution in [2.75, 3.05) is 14.1 Å². The summed E-state index contributed by atoms with van der Waals surface area (Å²) in [7, 11) is 4.18. The second-order valence-corrected chi connectivity index (χ2v) is 5.07. The average Bonchev–Trinajstić information content (AvgIpc) is 3.13. The third kappa shape index (κ3) is 6.14. The topological polar surface area (TPSA) is 3.24 Å². The van der Waals surface area contributed by atoms with Gasteiger partial charge in [0.1, 0.15) is 0 Å². The summed E-state index contributed by atoms with van der Waals surface area (Å²) in [5, 5.41) is 0. The van der Waals surface area contributed by atoms with Gasteiger partial charge < -0.3 is 4.90 Å². The summed E-state index contributed by atoms with van der Waals surface area (Å²) in [6, 6.07) is 27.1. The van der Waals surface area contributed by atoms with Gasteiger partial charge in [-0.3, -0.25) is 0 Å². The van der Waals surface area contributed by atoms with Crippen LogP contribution in [0.3, 0.4) is 0 Å². The zero-order valence-corrected chi connectivity index (χ0v) is 13.6. The molecule has 0 aromatic heterocycles. The molecule has 0 bridgehead atoms. The number of benzene rings is 1. The molecule has 0 spiro atoms. The molecule has 0 saturated carbocycles. The summed E-state index contributed by atoms with van der Waals surface area (Å²) in [5.74, 6) is 0. The summed E-state index contributed by atoms with van der Waals surface area (Å²) < 4.78 is 0. The predicted octanol–water partition coefficient (Wildman–Crippen LogP) is 4.54. The standard InChI is InChI=1S/C14H16N.C5H5.Fe/c1-15(2)11-12-8-9-14(10-12)13-6-4-3-5-7-13;1-2-4-5-3-1;/h3-10H,11H2,1-2H3;1-5H;/q2*-1;+2. The molecule has 3 rings (SSSR count). The average molecular weight is 319 g/mol. The Hall–Kier alpha value is -1.60. The number of nitrogens with zero attached hydrogens (tertiary/aromatic N) is 1. The Kier molecular flexibility index (Phi) is 7.78. The van der Waals surface area contributed by atoms with Crippen LogP contribution in [0.25, 0.3) is 11.1 Å². The number of rotatable bonds is 3. The maximum absolute atomic E-state index is 2.26. The first-order valence-corrected chi connectivity index (χ1v) is 6.88. The van der Waals surface area contributed by atoms with Gasteiger partial charge in [-0.2, -0.15) is 18.2 Å². The molecule has 21 heavy (non-hydrogen) atoms. The monoisotopic (exact) mass is 319 g/mol. The van der Waals surface area contributed by atoms with E-state index in [2.05, 4.69) is 61.5 Å². The molecule has 110 valence electrons. The van der Waals surface area contributed by atoms with Crippen LogP contribution in [0, 0.1) is 0 Å². The van der Waals surface area contributed by atoms with E-state index in [0.717, 1.165) is 6.54 Å². The van der Waals surface area contributed by atoms with Gasteiger partial charge in [0.2, 0.25) is 0 Å². The second kappa shape index (κ2) is 9.36. The van der Waals surface area contributed by atoms with Gasteiger partial charge in [0.25, 0.3) is 0 Å². The third-order valence-corrected chi connectivity index (χ3v) is 2.98. The Morgan fingerprint density at radius 2 is 1.62 bits per heavy atom. The van der Waals surface area contributed by atoms with Gasteiger partial charge in [-0.1, -0.05) is 23.8 Å². The Bertz CT molecular complexity index is 562. The molecule has 2 heteroatoms. The fraction of sp³-hybridized carbons (Fsp3) is 0.158. The van der Waals surface area contributed by atoms with Crippen LogP contribution in [0.15, 0.2) is 78.9 Å². The fourth-order valence-corrected chi connectivity index (χ4v) is 2.09. The van der Waals surface area contributed by atoms with Crippen molar-refractivity contribution in [2.24, 2.45) is 0 Å². The van der Waals surface area contributed by atoms with Crippen molar-refractivity contribution in [1.29, 1.82) is 0 Å². The van der Waals surface area contributed by atoms with E-state index in [4.69, 9.17) is 0 Å². The minimum absolute atomic E-state index is 0. The fourth-order valence-electron chi connectivity index (χ4n) is 2.09. The smallest absolute Gasteiger partial charge is 0.313 e. The van der Waals surface area contributed by atoms with Crippen molar-refractivity contribution in [3.8, 4) is 11.1 Å². The molecule has 0 aliphatic rings. The molecular weight excluding hydrogens is 298 g/mol. The molecule has 0 atom stereocenters. The zero-order valence-electron chi connectivity index (χ0n) is 12.5. The van der Waals surface area contributed by atoms with Crippen molar-refractivity contribution in [3.05, 3.63) is 84.4 Å². The Morgan fingerprint density at radius 3 is 2.14 bits per heavy atom. The molecule has 3 aromatic rings. The molecule has 0 aliphatic heterocycles. The van der Waals surface area contributed by atoms with E-state index in [-0.39, 0.29) is 17.1 Å². The minimum Gasteiger partial charge on any atom is -0.313 e. The summed E-state index contributed by atoms with van der Waals surface area (Å²) in [6.45, 7) is 1.01. The maximum Gasteiger partial charge on any atom is 2.00 e. The van der Waals surface area contributed by atoms with Gasteiger partial charge >= 0.3 is 17.1 Å². The molecule has 0 saturated heterocycles. The first-order valence-electron chi connectivity index (χ1n) is 6.88. The Labute approximate surface area is 138 Å². The van der Waals surface area contributed by atoms with Crippen LogP contribution < -0.4 is 0 Å². The van der Waals surface area contributed by atoms with Gasteiger partial charge in [0, 0.05) is 0 Å². The van der Waals surface area contributed by atoms with Crippen LogP contribution in [0.4, 0.5) is 0 Å². The normalized spacial score (nSPS) is 9.67. The zero-order chi connectivity index (χ0) is 14.2. The number of hydrogen-bond donors (Lipinski definition) is 0. The molecule has 0 heterocycles. The summed E-state index contributed by atoms with van der Waals surface area (Å²) >= 11 is 0. The minimum atomic E-state index is 0. The van der Waals surface area contributed by atoms with Crippen molar-refractivity contribution in [3.63, 3.8) is 0 Å². The molecular formula is C19H21FeN. The Balaban J connectivity index is 0.000000313. The van der Waals surface area contributed by atoms with Crippen LogP contribution in [-0.2, 0) is 23.6 Å². The predicted molar refractivity (Wildman–Crippen MR) is 86.9 cm³/mol. The molecule has 0 N–H and O–H groups in total. The van der Waals surface area contributed by atoms with E-state index in [0.29, 0.717) is 0 Å². The summed E-state index contributed by atoms with van der Waals surface area (Å²) in [6.07, 6.45) is 0. The quantitative estimate of drug-likeness (QED) is 0.506. The largest absolute Gasteiger partial charge is 2.00 e. The molecule has 0 aliphatic carbocycles. The van der Waals surface area contributed by atoms with Crippen molar-refractivity contribution in [1.82, 2.24) is 4.90 Å². The van der Waals surface area contributed by atoms with Gasteiger partial charge in [0.15, 0.2) is 0 Å². The first-order chi connectivity index (χ1) is 9.75. The van der Waals surface area contributed by atoms with E-state index in [1.807, 2.05) is 36.4 Å². The van der Waals surface area contributed by atoms with Gasteiger partial charge in [0.05, 0.1) is 0 Å². The van der Waals surface area contributed by atoms with E-state index in [9.17, 15) is 0 Å². The van der Waals surface area contributed by atoms with Crippen molar-refractivity contribution in [2.45, 2.75) is 6.54 Å². The van der Waals surface area contributed by atoms with Gasteiger partial charge in [-0.15, -0.1) is 41.5 Å². The maximum atomic E-state index is 2.26. The molecule has 1 nitrogen and oxygen atoms in total. The molecule has 0 radical (unpaired) electrons. The van der Waals surface area contributed by atoms with Crippen LogP contribution in [0.5, 0.6) is 0 Å². The van der Waals surface area contributed by atoms with E-state index in [1.165, 1.54) is 16.7 Å². The first kappa shape index (κ1) is 17.5. The van der Waals surface area contributed by atoms with E-state index < -0.39 is 0 Å². The van der Waals surface area contributed by atoms with E-state index >= 15 is 0 Å². The van der Waals surface area contributed by atoms with Crippen molar-refractivity contribution >= 4 is 0 Å². The summed E-state index contributed by atoms with van der Waals surface area (Å²) in [4.78, 5) is 2.18. The Morgan fingerprint density at radius 1 is 0.952 bits per heavy atom. The van der Waals surface area contributed by atoms with Gasteiger partial charge in [-0.05, 0) is 20.6 Å². The summed E-state index contributed by atoms with van der Waals surface area (Å²) in [5.41, 5.74) is 3.98. The molecule has 0 unspecified atom stereocenters. The molecule has 3 aromatic carbocycles. The van der Waals surface area contributed by atoms with Crippen LogP contribution in [0.1, 0.15) is 5.56 Å². The second-order valence-electron chi connectivity index (χ2n) is 5.07. The van der Waals surface area contributed by atoms with E-state index in [1.54, 1.807) is 0 Å². The molecule has 0 fully saturated rings. The van der Waals surface area contributed by atoms with Crippen molar-refractivity contribution < 1.29 is 17.1 Å². The van der Waals surface area contributed by atoms with Crippen LogP contribution >= 0.6 is 0 Å². The SMILES string of the molecule is CN(C)Cc1cc[c-](-c2ccccc2)c1.[Fe+2].c1cc[cH-]c1. The molecule has 0 amide bonds.